The van der Waals surface area contributed by atoms with Crippen LogP contribution in [0.4, 0.5) is 0 Å². The average Bonchev–Trinajstić information content (AvgIpc) is 1.87. The van der Waals surface area contributed by atoms with E-state index in [0.29, 0.717) is 18.1 Å². The molecule has 0 saturated carbocycles. The molecule has 0 aromatic carbocycles. The highest BCUT2D eigenvalue weighted by Crippen LogP contribution is 2.38. The summed E-state index contributed by atoms with van der Waals surface area (Å²) in [5.41, 5.74) is -0.569. The summed E-state index contributed by atoms with van der Waals surface area (Å²) in [5.74, 6) is 1.14. The van der Waals surface area contributed by atoms with Crippen LogP contribution in [0, 0.1) is 5.41 Å². The highest BCUT2D eigenvalue weighted by Gasteiger charge is 2.45. The van der Waals surface area contributed by atoms with Gasteiger partial charge >= 0.3 is 5.97 Å². The number of aliphatic hydroxyl groups is 1. The Morgan fingerprint density at radius 1 is 1.73 bits per heavy atom. The molecular weight excluding hydrogens is 164 g/mol. The largest absolute Gasteiger partial charge is 0.465 e. The smallest absolute Gasteiger partial charge is 0.316 e. The van der Waals surface area contributed by atoms with E-state index >= 15 is 0 Å². The molecule has 0 aromatic rings. The Morgan fingerprint density at radius 3 is 2.64 bits per heavy atom. The summed E-state index contributed by atoms with van der Waals surface area (Å²) in [5, 5.41) is 8.92. The van der Waals surface area contributed by atoms with E-state index in [2.05, 4.69) is 0 Å². The van der Waals surface area contributed by atoms with E-state index in [-0.39, 0.29) is 12.6 Å². The van der Waals surface area contributed by atoms with Gasteiger partial charge in [-0.15, -0.1) is 0 Å². The van der Waals surface area contributed by atoms with Crippen molar-refractivity contribution in [2.45, 2.75) is 6.92 Å². The average molecular weight is 176 g/mol. The van der Waals surface area contributed by atoms with Crippen LogP contribution in [-0.4, -0.2) is 35.8 Å². The zero-order chi connectivity index (χ0) is 8.32. The minimum absolute atomic E-state index is 0.0845. The van der Waals surface area contributed by atoms with E-state index in [1.165, 1.54) is 0 Å². The number of carbonyl (C=O) groups is 1. The maximum atomic E-state index is 11.2. The Labute approximate surface area is 70.1 Å². The first-order valence-corrected chi connectivity index (χ1v) is 4.76. The predicted octanol–water partition coefficient (Wildman–Crippen LogP) is 0.275. The van der Waals surface area contributed by atoms with Crippen LogP contribution in [0.3, 0.4) is 0 Å². The monoisotopic (exact) mass is 176 g/mol. The van der Waals surface area contributed by atoms with Gasteiger partial charge in [0.1, 0.15) is 5.41 Å². The molecular formula is C7H12O3S. The van der Waals surface area contributed by atoms with E-state index in [9.17, 15) is 4.79 Å². The van der Waals surface area contributed by atoms with Gasteiger partial charge in [0, 0.05) is 11.5 Å². The molecule has 0 aromatic heterocycles. The number of rotatable bonds is 3. The molecule has 3 nitrogen and oxygen atoms in total. The topological polar surface area (TPSA) is 46.5 Å². The van der Waals surface area contributed by atoms with Gasteiger partial charge in [0.2, 0.25) is 0 Å². The van der Waals surface area contributed by atoms with E-state index in [4.69, 9.17) is 9.84 Å². The lowest BCUT2D eigenvalue weighted by molar-refractivity contribution is -0.155. The lowest BCUT2D eigenvalue weighted by Crippen LogP contribution is -2.47. The van der Waals surface area contributed by atoms with Crippen LogP contribution in [0.1, 0.15) is 6.92 Å². The van der Waals surface area contributed by atoms with Crippen molar-refractivity contribution in [3.8, 4) is 0 Å². The first kappa shape index (κ1) is 8.87. The zero-order valence-corrected chi connectivity index (χ0v) is 7.32. The van der Waals surface area contributed by atoms with Gasteiger partial charge in [0.05, 0.1) is 13.2 Å². The van der Waals surface area contributed by atoms with Gasteiger partial charge < -0.3 is 9.84 Å². The maximum absolute atomic E-state index is 11.2. The van der Waals surface area contributed by atoms with Gasteiger partial charge in [0.25, 0.3) is 0 Å². The Kier molecular flexibility index (Phi) is 2.78. The zero-order valence-electron chi connectivity index (χ0n) is 6.50. The van der Waals surface area contributed by atoms with Crippen LogP contribution < -0.4 is 0 Å². The lowest BCUT2D eigenvalue weighted by atomic mass is 9.93. The number of carbonyl (C=O) groups excluding carboxylic acids is 1. The van der Waals surface area contributed by atoms with Crippen LogP contribution in [0.5, 0.6) is 0 Å². The quantitative estimate of drug-likeness (QED) is 0.627. The summed E-state index contributed by atoms with van der Waals surface area (Å²) in [7, 11) is 0. The van der Waals surface area contributed by atoms with Crippen molar-refractivity contribution in [3.05, 3.63) is 0 Å². The number of thioether (sulfide) groups is 1. The number of hydrogen-bond donors (Lipinski definition) is 1. The van der Waals surface area contributed by atoms with Gasteiger partial charge in [-0.05, 0) is 6.92 Å². The second-order valence-corrected chi connectivity index (χ2v) is 3.64. The third kappa shape index (κ3) is 1.51. The van der Waals surface area contributed by atoms with Crippen molar-refractivity contribution >= 4 is 17.7 Å². The van der Waals surface area contributed by atoms with Crippen molar-refractivity contribution in [1.29, 1.82) is 0 Å². The van der Waals surface area contributed by atoms with Gasteiger partial charge in [0.15, 0.2) is 0 Å². The van der Waals surface area contributed by atoms with Crippen molar-refractivity contribution < 1.29 is 14.6 Å². The summed E-state index contributed by atoms with van der Waals surface area (Å²) >= 11 is 1.66. The summed E-state index contributed by atoms with van der Waals surface area (Å²) in [6, 6.07) is 0. The summed E-state index contributed by atoms with van der Waals surface area (Å²) < 4.78 is 4.83. The van der Waals surface area contributed by atoms with Gasteiger partial charge in [-0.2, -0.15) is 11.8 Å². The number of aliphatic hydroxyl groups excluding tert-OH is 1. The minimum atomic E-state index is -0.569. The minimum Gasteiger partial charge on any atom is -0.465 e. The molecule has 1 rings (SSSR count). The van der Waals surface area contributed by atoms with Crippen molar-refractivity contribution in [1.82, 2.24) is 0 Å². The first-order chi connectivity index (χ1) is 5.25. The van der Waals surface area contributed by atoms with Crippen LogP contribution in [0.15, 0.2) is 0 Å². The Bertz CT molecular complexity index is 148. The summed E-state index contributed by atoms with van der Waals surface area (Å²) in [6.07, 6.45) is 0. The fourth-order valence-corrected chi connectivity index (χ4v) is 2.02. The molecule has 0 atom stereocenters. The van der Waals surface area contributed by atoms with E-state index in [1.807, 2.05) is 0 Å². The number of esters is 1. The first-order valence-electron chi connectivity index (χ1n) is 3.61. The molecule has 0 unspecified atom stereocenters. The molecule has 1 aliphatic heterocycles. The SMILES string of the molecule is CCOC(=O)C1(CO)CSC1. The summed E-state index contributed by atoms with van der Waals surface area (Å²) in [4.78, 5) is 11.2. The molecule has 1 fully saturated rings. The number of ether oxygens (including phenoxy) is 1. The Balaban J connectivity index is 2.47. The molecule has 0 aliphatic carbocycles. The molecule has 11 heavy (non-hydrogen) atoms. The maximum Gasteiger partial charge on any atom is 0.316 e. The molecule has 4 heteroatoms. The molecule has 1 aliphatic rings. The van der Waals surface area contributed by atoms with Gasteiger partial charge in [-0.1, -0.05) is 0 Å². The molecule has 0 spiro atoms. The molecule has 64 valence electrons. The molecule has 0 amide bonds. The van der Waals surface area contributed by atoms with Gasteiger partial charge in [-0.25, -0.2) is 0 Å². The second kappa shape index (κ2) is 3.45. The highest BCUT2D eigenvalue weighted by atomic mass is 32.2. The van der Waals surface area contributed by atoms with Crippen LogP contribution in [-0.2, 0) is 9.53 Å². The van der Waals surface area contributed by atoms with Crippen LogP contribution in [0.2, 0.25) is 0 Å². The molecule has 0 bridgehead atoms. The van der Waals surface area contributed by atoms with Gasteiger partial charge in [-0.3, -0.25) is 4.79 Å². The van der Waals surface area contributed by atoms with E-state index in [1.54, 1.807) is 18.7 Å². The Morgan fingerprint density at radius 2 is 2.36 bits per heavy atom. The Hall–Kier alpha value is -0.220. The van der Waals surface area contributed by atoms with Crippen molar-refractivity contribution in [2.75, 3.05) is 24.7 Å². The van der Waals surface area contributed by atoms with Crippen LogP contribution in [0.25, 0.3) is 0 Å². The fraction of sp³-hybridized carbons (Fsp3) is 0.857. The van der Waals surface area contributed by atoms with E-state index < -0.39 is 5.41 Å². The summed E-state index contributed by atoms with van der Waals surface area (Å²) in [6.45, 7) is 2.08. The normalized spacial score (nSPS) is 20.5. The molecule has 1 N–H and O–H groups in total. The fourth-order valence-electron chi connectivity index (χ4n) is 0.906. The number of hydrogen-bond acceptors (Lipinski definition) is 4. The third-order valence-corrected chi connectivity index (χ3v) is 3.28. The standard InChI is InChI=1S/C7H12O3S/c1-2-10-6(9)7(3-8)4-11-5-7/h8H,2-5H2,1H3. The van der Waals surface area contributed by atoms with Crippen molar-refractivity contribution in [3.63, 3.8) is 0 Å². The second-order valence-electron chi connectivity index (χ2n) is 2.65. The predicted molar refractivity (Wildman–Crippen MR) is 43.5 cm³/mol. The molecule has 1 saturated heterocycles. The van der Waals surface area contributed by atoms with Crippen molar-refractivity contribution in [2.24, 2.45) is 5.41 Å². The highest BCUT2D eigenvalue weighted by molar-refractivity contribution is 8.00. The third-order valence-electron chi connectivity index (χ3n) is 1.77. The molecule has 1 heterocycles. The lowest BCUT2D eigenvalue weighted by Gasteiger charge is -2.36. The molecule has 0 radical (unpaired) electrons. The van der Waals surface area contributed by atoms with E-state index in [0.717, 1.165) is 0 Å². The van der Waals surface area contributed by atoms with Crippen LogP contribution >= 0.6 is 11.8 Å².